The van der Waals surface area contributed by atoms with Gasteiger partial charge < -0.3 is 10.0 Å². The van der Waals surface area contributed by atoms with Crippen LogP contribution in [-0.2, 0) is 19.6 Å². The van der Waals surface area contributed by atoms with Crippen LogP contribution in [0, 0.1) is 11.8 Å². The van der Waals surface area contributed by atoms with Gasteiger partial charge in [-0.3, -0.25) is 9.59 Å². The Hall–Kier alpha value is -2.16. The number of fused-ring (bicyclic) bond motifs is 1. The molecular formula is C22H25ClN2O5S. The second-order valence-electron chi connectivity index (χ2n) is 8.39. The minimum atomic E-state index is -3.78. The first-order valence-electron chi connectivity index (χ1n) is 10.4. The average molecular weight is 465 g/mol. The first-order chi connectivity index (χ1) is 14.7. The SMILES string of the molecule is O=C1CN(S(=O)(=O)c2ccc3cc(Cl)ccc3c2)CCN1C[C@H]1CC[C@H](C(=O)O)CC1. The molecular weight excluding hydrogens is 440 g/mol. The van der Waals surface area contributed by atoms with Gasteiger partial charge in [-0.2, -0.15) is 4.31 Å². The summed E-state index contributed by atoms with van der Waals surface area (Å²) in [5.74, 6) is -0.963. The molecule has 7 nitrogen and oxygen atoms in total. The second-order valence-corrected chi connectivity index (χ2v) is 10.8. The quantitative estimate of drug-likeness (QED) is 0.733. The van der Waals surface area contributed by atoms with Gasteiger partial charge in [-0.05, 0) is 66.6 Å². The van der Waals surface area contributed by atoms with E-state index in [1.165, 1.54) is 4.31 Å². The molecule has 166 valence electrons. The number of carboxylic acid groups (broad SMARTS) is 1. The van der Waals surface area contributed by atoms with E-state index in [2.05, 4.69) is 0 Å². The molecule has 2 aliphatic rings. The molecule has 1 saturated heterocycles. The second kappa shape index (κ2) is 8.76. The largest absolute Gasteiger partial charge is 0.481 e. The number of carbonyl (C=O) groups excluding carboxylic acids is 1. The summed E-state index contributed by atoms with van der Waals surface area (Å²) in [6.07, 6.45) is 2.83. The van der Waals surface area contributed by atoms with Gasteiger partial charge in [0.15, 0.2) is 0 Å². The molecule has 2 aromatic rings. The Morgan fingerprint density at radius 2 is 1.71 bits per heavy atom. The van der Waals surface area contributed by atoms with Gasteiger partial charge in [0.05, 0.1) is 17.4 Å². The van der Waals surface area contributed by atoms with Crippen molar-refractivity contribution >= 4 is 44.3 Å². The number of hydrogen-bond acceptors (Lipinski definition) is 4. The Morgan fingerprint density at radius 1 is 1.03 bits per heavy atom. The first kappa shape index (κ1) is 22.0. The summed E-state index contributed by atoms with van der Waals surface area (Å²) in [6.45, 7) is 0.985. The zero-order valence-electron chi connectivity index (χ0n) is 17.0. The Kier molecular flexibility index (Phi) is 6.23. The number of sulfonamides is 1. The van der Waals surface area contributed by atoms with E-state index in [4.69, 9.17) is 16.7 Å². The van der Waals surface area contributed by atoms with Crippen molar-refractivity contribution in [1.29, 1.82) is 0 Å². The fourth-order valence-electron chi connectivity index (χ4n) is 4.49. The van der Waals surface area contributed by atoms with Crippen molar-refractivity contribution in [3.05, 3.63) is 41.4 Å². The van der Waals surface area contributed by atoms with Crippen LogP contribution in [0.2, 0.25) is 5.02 Å². The molecule has 0 bridgehead atoms. The zero-order chi connectivity index (χ0) is 22.2. The van der Waals surface area contributed by atoms with Crippen LogP contribution in [0.15, 0.2) is 41.3 Å². The van der Waals surface area contributed by atoms with Crippen LogP contribution in [-0.4, -0.2) is 60.8 Å². The van der Waals surface area contributed by atoms with Crippen molar-refractivity contribution in [3.8, 4) is 0 Å². The van der Waals surface area contributed by atoms with Crippen LogP contribution >= 0.6 is 11.6 Å². The molecule has 9 heteroatoms. The highest BCUT2D eigenvalue weighted by Gasteiger charge is 2.35. The van der Waals surface area contributed by atoms with E-state index in [-0.39, 0.29) is 35.7 Å². The fraction of sp³-hybridized carbons (Fsp3) is 0.455. The molecule has 1 heterocycles. The highest BCUT2D eigenvalue weighted by Crippen LogP contribution is 2.30. The first-order valence-corrected chi connectivity index (χ1v) is 12.3. The third-order valence-electron chi connectivity index (χ3n) is 6.37. The number of hydrogen-bond donors (Lipinski definition) is 1. The maximum absolute atomic E-state index is 13.1. The normalized spacial score (nSPS) is 23.3. The van der Waals surface area contributed by atoms with Crippen LogP contribution in [0.25, 0.3) is 10.8 Å². The molecule has 31 heavy (non-hydrogen) atoms. The molecule has 0 atom stereocenters. The smallest absolute Gasteiger partial charge is 0.306 e. The average Bonchev–Trinajstić information content (AvgIpc) is 2.75. The van der Waals surface area contributed by atoms with E-state index in [1.54, 1.807) is 41.3 Å². The molecule has 2 aromatic carbocycles. The number of carbonyl (C=O) groups is 2. The topological polar surface area (TPSA) is 95.0 Å². The lowest BCUT2D eigenvalue weighted by Crippen LogP contribution is -2.53. The lowest BCUT2D eigenvalue weighted by molar-refractivity contribution is -0.143. The van der Waals surface area contributed by atoms with Gasteiger partial charge in [0.2, 0.25) is 15.9 Å². The van der Waals surface area contributed by atoms with Gasteiger partial charge in [0.25, 0.3) is 0 Å². The van der Waals surface area contributed by atoms with Crippen LogP contribution in [0.1, 0.15) is 25.7 Å². The standard InChI is InChI=1S/C22H25ClN2O5S/c23-19-7-5-18-12-20(8-6-17(18)11-19)31(29,30)25-10-9-24(21(26)14-25)13-15-1-3-16(4-2-15)22(27)28/h5-8,11-12,15-16H,1-4,9-10,13-14H2,(H,27,28)/t15-,16-. The highest BCUT2D eigenvalue weighted by molar-refractivity contribution is 7.89. The number of piperazine rings is 1. The summed E-state index contributed by atoms with van der Waals surface area (Å²) in [5.41, 5.74) is 0. The predicted molar refractivity (Wildman–Crippen MR) is 117 cm³/mol. The summed E-state index contributed by atoms with van der Waals surface area (Å²) in [4.78, 5) is 25.7. The Labute approximate surface area is 186 Å². The molecule has 2 fully saturated rings. The molecule has 0 spiro atoms. The Bertz CT molecular complexity index is 1110. The van der Waals surface area contributed by atoms with E-state index in [0.717, 1.165) is 23.6 Å². The van der Waals surface area contributed by atoms with Crippen LogP contribution in [0.4, 0.5) is 0 Å². The number of rotatable bonds is 5. The van der Waals surface area contributed by atoms with Crippen molar-refractivity contribution in [2.24, 2.45) is 11.8 Å². The predicted octanol–water partition coefficient (Wildman–Crippen LogP) is 3.22. The van der Waals surface area contributed by atoms with Crippen LogP contribution in [0.5, 0.6) is 0 Å². The van der Waals surface area contributed by atoms with Crippen LogP contribution < -0.4 is 0 Å². The van der Waals surface area contributed by atoms with Crippen molar-refractivity contribution < 1.29 is 23.1 Å². The van der Waals surface area contributed by atoms with E-state index < -0.39 is 16.0 Å². The molecule has 1 amide bonds. The molecule has 1 saturated carbocycles. The van der Waals surface area contributed by atoms with Crippen molar-refractivity contribution in [3.63, 3.8) is 0 Å². The van der Waals surface area contributed by atoms with Gasteiger partial charge >= 0.3 is 5.97 Å². The number of nitrogens with zero attached hydrogens (tertiary/aromatic N) is 2. The van der Waals surface area contributed by atoms with Crippen molar-refractivity contribution in [2.75, 3.05) is 26.2 Å². The molecule has 1 aliphatic heterocycles. The minimum absolute atomic E-state index is 0.163. The molecule has 0 radical (unpaired) electrons. The van der Waals surface area contributed by atoms with Gasteiger partial charge in [-0.15, -0.1) is 0 Å². The Morgan fingerprint density at radius 3 is 2.39 bits per heavy atom. The molecule has 4 rings (SSSR count). The lowest BCUT2D eigenvalue weighted by atomic mass is 9.82. The van der Waals surface area contributed by atoms with Gasteiger partial charge in [-0.1, -0.05) is 23.7 Å². The maximum Gasteiger partial charge on any atom is 0.306 e. The zero-order valence-corrected chi connectivity index (χ0v) is 18.6. The van der Waals surface area contributed by atoms with Gasteiger partial charge in [-0.25, -0.2) is 8.42 Å². The van der Waals surface area contributed by atoms with E-state index >= 15 is 0 Å². The van der Waals surface area contributed by atoms with Crippen LogP contribution in [0.3, 0.4) is 0 Å². The molecule has 0 aromatic heterocycles. The third kappa shape index (κ3) is 4.71. The third-order valence-corrected chi connectivity index (χ3v) is 8.45. The molecule has 1 N–H and O–H groups in total. The minimum Gasteiger partial charge on any atom is -0.481 e. The summed E-state index contributed by atoms with van der Waals surface area (Å²) in [5, 5.41) is 11.3. The monoisotopic (exact) mass is 464 g/mol. The number of amides is 1. The van der Waals surface area contributed by atoms with Crippen molar-refractivity contribution in [2.45, 2.75) is 30.6 Å². The highest BCUT2D eigenvalue weighted by atomic mass is 35.5. The Balaban J connectivity index is 1.40. The maximum atomic E-state index is 13.1. The molecule has 0 unspecified atom stereocenters. The van der Waals surface area contributed by atoms with E-state index in [9.17, 15) is 18.0 Å². The summed E-state index contributed by atoms with van der Waals surface area (Å²) < 4.78 is 27.5. The number of benzene rings is 2. The van der Waals surface area contributed by atoms with E-state index in [1.807, 2.05) is 0 Å². The molecule has 1 aliphatic carbocycles. The summed E-state index contributed by atoms with van der Waals surface area (Å²) in [7, 11) is -3.78. The lowest BCUT2D eigenvalue weighted by Gasteiger charge is -2.37. The summed E-state index contributed by atoms with van der Waals surface area (Å²) >= 11 is 6.00. The number of halogens is 1. The number of aliphatic carboxylic acids is 1. The fourth-order valence-corrected chi connectivity index (χ4v) is 6.09. The van der Waals surface area contributed by atoms with Crippen molar-refractivity contribution in [1.82, 2.24) is 9.21 Å². The number of carboxylic acids is 1. The summed E-state index contributed by atoms with van der Waals surface area (Å²) in [6, 6.07) is 10.1. The van der Waals surface area contributed by atoms with Gasteiger partial charge in [0.1, 0.15) is 0 Å². The van der Waals surface area contributed by atoms with E-state index in [0.29, 0.717) is 31.0 Å². The van der Waals surface area contributed by atoms with Gasteiger partial charge in [0, 0.05) is 24.7 Å².